The van der Waals surface area contributed by atoms with E-state index in [1.54, 1.807) is 12.1 Å². The van der Waals surface area contributed by atoms with Crippen LogP contribution in [-0.2, 0) is 10.0 Å². The molecule has 1 fully saturated rings. The number of hydrogen-bond acceptors (Lipinski definition) is 4. The van der Waals surface area contributed by atoms with Gasteiger partial charge in [-0.15, -0.1) is 0 Å². The molecule has 2 aromatic rings. The van der Waals surface area contributed by atoms with Crippen LogP contribution >= 0.6 is 0 Å². The van der Waals surface area contributed by atoms with Crippen molar-refractivity contribution in [3.05, 3.63) is 59.7 Å². The average molecular weight is 373 g/mol. The van der Waals surface area contributed by atoms with Crippen LogP contribution in [0, 0.1) is 6.92 Å². The molecule has 0 unspecified atom stereocenters. The molecular formula is C19H23N3O3S. The lowest BCUT2D eigenvalue weighted by atomic mass is 10.2. The van der Waals surface area contributed by atoms with Gasteiger partial charge in [0.25, 0.3) is 5.91 Å². The van der Waals surface area contributed by atoms with Crippen molar-refractivity contribution in [2.24, 2.45) is 0 Å². The van der Waals surface area contributed by atoms with Gasteiger partial charge in [-0.2, -0.15) is 4.31 Å². The molecule has 1 aliphatic rings. The number of benzene rings is 2. The van der Waals surface area contributed by atoms with Gasteiger partial charge in [0, 0.05) is 37.4 Å². The van der Waals surface area contributed by atoms with Crippen LogP contribution in [0.1, 0.15) is 15.9 Å². The Kier molecular flexibility index (Phi) is 5.41. The first-order valence-corrected chi connectivity index (χ1v) is 9.97. The Balaban J connectivity index is 1.71. The highest BCUT2D eigenvalue weighted by Crippen LogP contribution is 2.19. The number of rotatable bonds is 4. The second-order valence-corrected chi connectivity index (χ2v) is 8.49. The number of carbonyl (C=O) groups is 1. The summed E-state index contributed by atoms with van der Waals surface area (Å²) in [6, 6.07) is 13.6. The minimum Gasteiger partial charge on any atom is -0.322 e. The standard InChI is InChI=1S/C19H23N3O3S/c1-15-3-7-17(8-4-15)20-19(23)16-5-9-18(10-6-16)26(24,25)22-13-11-21(2)12-14-22/h3-10H,11-14H2,1-2H3,(H,20,23). The number of likely N-dealkylation sites (N-methyl/N-ethyl adjacent to an activating group) is 1. The highest BCUT2D eigenvalue weighted by atomic mass is 32.2. The quantitative estimate of drug-likeness (QED) is 0.892. The maximum atomic E-state index is 12.7. The SMILES string of the molecule is Cc1ccc(NC(=O)c2ccc(S(=O)(=O)N3CCN(C)CC3)cc2)cc1. The van der Waals surface area contributed by atoms with Crippen LogP contribution in [0.25, 0.3) is 0 Å². The highest BCUT2D eigenvalue weighted by molar-refractivity contribution is 7.89. The molecule has 0 aliphatic carbocycles. The van der Waals surface area contributed by atoms with Crippen molar-refractivity contribution >= 4 is 21.6 Å². The Morgan fingerprint density at radius 2 is 1.50 bits per heavy atom. The molecule has 138 valence electrons. The number of carbonyl (C=O) groups excluding carboxylic acids is 1. The first-order valence-electron chi connectivity index (χ1n) is 8.53. The van der Waals surface area contributed by atoms with E-state index in [1.165, 1.54) is 16.4 Å². The third kappa shape index (κ3) is 4.12. The van der Waals surface area contributed by atoms with Crippen molar-refractivity contribution < 1.29 is 13.2 Å². The number of sulfonamides is 1. The number of anilines is 1. The number of nitrogens with zero attached hydrogens (tertiary/aromatic N) is 2. The molecule has 0 spiro atoms. The zero-order valence-electron chi connectivity index (χ0n) is 15.0. The highest BCUT2D eigenvalue weighted by Gasteiger charge is 2.27. The average Bonchev–Trinajstić information content (AvgIpc) is 2.64. The molecule has 0 radical (unpaired) electrons. The largest absolute Gasteiger partial charge is 0.322 e. The van der Waals surface area contributed by atoms with Gasteiger partial charge < -0.3 is 10.2 Å². The molecule has 0 bridgehead atoms. The van der Waals surface area contributed by atoms with Crippen molar-refractivity contribution in [2.45, 2.75) is 11.8 Å². The lowest BCUT2D eigenvalue weighted by Gasteiger charge is -2.31. The third-order valence-electron chi connectivity index (χ3n) is 4.53. The van der Waals surface area contributed by atoms with Gasteiger partial charge in [-0.3, -0.25) is 4.79 Å². The molecule has 7 heteroatoms. The van der Waals surface area contributed by atoms with Gasteiger partial charge in [0.1, 0.15) is 0 Å². The minimum absolute atomic E-state index is 0.217. The molecular weight excluding hydrogens is 350 g/mol. The van der Waals surface area contributed by atoms with Crippen LogP contribution in [-0.4, -0.2) is 56.8 Å². The van der Waals surface area contributed by atoms with Crippen LogP contribution < -0.4 is 5.32 Å². The number of hydrogen-bond donors (Lipinski definition) is 1. The summed E-state index contributed by atoms with van der Waals surface area (Å²) in [5.74, 6) is -0.266. The second-order valence-electron chi connectivity index (χ2n) is 6.55. The zero-order chi connectivity index (χ0) is 18.7. The Labute approximate surface area is 154 Å². The summed E-state index contributed by atoms with van der Waals surface area (Å²) in [6.07, 6.45) is 0. The number of nitrogens with one attached hydrogen (secondary N) is 1. The zero-order valence-corrected chi connectivity index (χ0v) is 15.8. The maximum absolute atomic E-state index is 12.7. The van der Waals surface area contributed by atoms with E-state index in [1.807, 2.05) is 38.2 Å². The molecule has 3 rings (SSSR count). The molecule has 0 atom stereocenters. The normalized spacial score (nSPS) is 16.4. The Morgan fingerprint density at radius 3 is 2.08 bits per heavy atom. The molecule has 26 heavy (non-hydrogen) atoms. The maximum Gasteiger partial charge on any atom is 0.255 e. The van der Waals surface area contributed by atoms with Gasteiger partial charge in [-0.05, 0) is 50.4 Å². The summed E-state index contributed by atoms with van der Waals surface area (Å²) < 4.78 is 26.9. The Morgan fingerprint density at radius 1 is 0.923 bits per heavy atom. The van der Waals surface area contributed by atoms with Gasteiger partial charge >= 0.3 is 0 Å². The Bertz CT molecular complexity index is 869. The summed E-state index contributed by atoms with van der Waals surface area (Å²) in [4.78, 5) is 14.6. The monoisotopic (exact) mass is 373 g/mol. The Hall–Kier alpha value is -2.22. The molecule has 1 N–H and O–H groups in total. The van der Waals surface area contributed by atoms with Crippen molar-refractivity contribution in [1.29, 1.82) is 0 Å². The second kappa shape index (κ2) is 7.57. The molecule has 1 saturated heterocycles. The minimum atomic E-state index is -3.52. The predicted octanol–water partition coefficient (Wildman–Crippen LogP) is 2.18. The van der Waals surface area contributed by atoms with Crippen LogP contribution in [0.5, 0.6) is 0 Å². The van der Waals surface area contributed by atoms with E-state index in [2.05, 4.69) is 10.2 Å². The van der Waals surface area contributed by atoms with Gasteiger partial charge in [0.15, 0.2) is 0 Å². The molecule has 1 aliphatic heterocycles. The van der Waals surface area contributed by atoms with Crippen LogP contribution in [0.4, 0.5) is 5.69 Å². The summed E-state index contributed by atoms with van der Waals surface area (Å²) in [6.45, 7) is 4.38. The van der Waals surface area contributed by atoms with E-state index in [0.29, 0.717) is 24.3 Å². The fourth-order valence-electron chi connectivity index (χ4n) is 2.80. The van der Waals surface area contributed by atoms with Gasteiger partial charge in [-0.25, -0.2) is 8.42 Å². The predicted molar refractivity (Wildman–Crippen MR) is 102 cm³/mol. The van der Waals surface area contributed by atoms with E-state index in [-0.39, 0.29) is 10.8 Å². The molecule has 6 nitrogen and oxygen atoms in total. The van der Waals surface area contributed by atoms with E-state index >= 15 is 0 Å². The van der Waals surface area contributed by atoms with Gasteiger partial charge in [0.2, 0.25) is 10.0 Å². The first-order chi connectivity index (χ1) is 12.4. The van der Waals surface area contributed by atoms with Crippen LogP contribution in [0.3, 0.4) is 0 Å². The summed E-state index contributed by atoms with van der Waals surface area (Å²) in [5.41, 5.74) is 2.24. The van der Waals surface area contributed by atoms with Gasteiger partial charge in [0.05, 0.1) is 4.90 Å². The van der Waals surface area contributed by atoms with Crippen molar-refractivity contribution in [3.8, 4) is 0 Å². The smallest absolute Gasteiger partial charge is 0.255 e. The van der Waals surface area contributed by atoms with E-state index in [0.717, 1.165) is 18.7 Å². The van der Waals surface area contributed by atoms with E-state index in [4.69, 9.17) is 0 Å². The van der Waals surface area contributed by atoms with Crippen LogP contribution in [0.15, 0.2) is 53.4 Å². The van der Waals surface area contributed by atoms with Crippen molar-refractivity contribution in [1.82, 2.24) is 9.21 Å². The van der Waals surface area contributed by atoms with E-state index in [9.17, 15) is 13.2 Å². The number of amides is 1. The molecule has 1 heterocycles. The summed E-state index contributed by atoms with van der Waals surface area (Å²) in [7, 11) is -1.54. The summed E-state index contributed by atoms with van der Waals surface area (Å²) >= 11 is 0. The molecule has 1 amide bonds. The topological polar surface area (TPSA) is 69.7 Å². The summed E-state index contributed by atoms with van der Waals surface area (Å²) in [5, 5.41) is 2.81. The molecule has 0 saturated carbocycles. The number of aryl methyl sites for hydroxylation is 1. The molecule has 2 aromatic carbocycles. The fraction of sp³-hybridized carbons (Fsp3) is 0.316. The van der Waals surface area contributed by atoms with Crippen molar-refractivity contribution in [3.63, 3.8) is 0 Å². The first kappa shape index (κ1) is 18.6. The van der Waals surface area contributed by atoms with E-state index < -0.39 is 10.0 Å². The fourth-order valence-corrected chi connectivity index (χ4v) is 4.22. The lowest BCUT2D eigenvalue weighted by molar-refractivity contribution is 0.102. The molecule has 0 aromatic heterocycles. The van der Waals surface area contributed by atoms with Crippen LogP contribution in [0.2, 0.25) is 0 Å². The third-order valence-corrected chi connectivity index (χ3v) is 6.44. The van der Waals surface area contributed by atoms with Gasteiger partial charge in [-0.1, -0.05) is 17.7 Å². The number of piperazine rings is 1. The lowest BCUT2D eigenvalue weighted by Crippen LogP contribution is -2.47. The van der Waals surface area contributed by atoms with Crippen molar-refractivity contribution in [2.75, 3.05) is 38.5 Å².